The summed E-state index contributed by atoms with van der Waals surface area (Å²) in [6.45, 7) is 7.88. The molecule has 10 heteroatoms. The lowest BCUT2D eigenvalue weighted by molar-refractivity contribution is -0.118. The van der Waals surface area contributed by atoms with Gasteiger partial charge in [-0.1, -0.05) is 66.8 Å². The Kier molecular flexibility index (Phi) is 6.75. The number of aryl methyl sites for hydroxylation is 2. The van der Waals surface area contributed by atoms with Crippen molar-refractivity contribution < 1.29 is 14.0 Å². The number of nitrogens with zero attached hydrogens (tertiary/aromatic N) is 4. The summed E-state index contributed by atoms with van der Waals surface area (Å²) in [5.74, 6) is 0.920. The number of rotatable bonds is 6. The Labute approximate surface area is 229 Å². The van der Waals surface area contributed by atoms with Crippen molar-refractivity contribution in [1.29, 1.82) is 5.26 Å². The molecule has 1 aromatic carbocycles. The first-order chi connectivity index (χ1) is 18.1. The van der Waals surface area contributed by atoms with E-state index in [-0.39, 0.29) is 34.1 Å². The number of hydrogen-bond donors (Lipinski definition) is 1. The molecule has 1 atom stereocenters. The maximum atomic E-state index is 13.5. The second-order valence-electron chi connectivity index (χ2n) is 10.4. The summed E-state index contributed by atoms with van der Waals surface area (Å²) in [5.41, 5.74) is 9.54. The Morgan fingerprint density at radius 2 is 1.95 bits per heavy atom. The molecule has 194 valence electrons. The zero-order valence-corrected chi connectivity index (χ0v) is 23.2. The molecule has 0 amide bonds. The fraction of sp³-hybridized carbons (Fsp3) is 0.321. The van der Waals surface area contributed by atoms with Crippen molar-refractivity contribution in [2.24, 2.45) is 11.1 Å². The van der Waals surface area contributed by atoms with Crippen LogP contribution in [-0.2, 0) is 4.79 Å². The van der Waals surface area contributed by atoms with Crippen LogP contribution in [0.25, 0.3) is 0 Å². The van der Waals surface area contributed by atoms with Gasteiger partial charge in [-0.3, -0.25) is 14.5 Å². The van der Waals surface area contributed by atoms with Crippen LogP contribution in [0.3, 0.4) is 0 Å². The molecule has 3 heterocycles. The number of nitriles is 1. The second-order valence-corrected chi connectivity index (χ2v) is 12.5. The Morgan fingerprint density at radius 3 is 2.61 bits per heavy atom. The zero-order chi connectivity index (χ0) is 27.2. The van der Waals surface area contributed by atoms with E-state index in [0.29, 0.717) is 50.7 Å². The first kappa shape index (κ1) is 25.9. The lowest BCUT2D eigenvalue weighted by Gasteiger charge is -2.42. The topological polar surface area (TPSA) is 126 Å². The number of nitrogens with two attached hydrogens (primary N) is 1. The summed E-state index contributed by atoms with van der Waals surface area (Å²) < 4.78 is 6.49. The predicted molar refractivity (Wildman–Crippen MR) is 147 cm³/mol. The average molecular weight is 546 g/mol. The summed E-state index contributed by atoms with van der Waals surface area (Å²) in [7, 11) is 0. The van der Waals surface area contributed by atoms with Gasteiger partial charge in [0.2, 0.25) is 5.13 Å². The van der Waals surface area contributed by atoms with Gasteiger partial charge in [-0.2, -0.15) is 5.26 Å². The van der Waals surface area contributed by atoms with E-state index < -0.39 is 5.92 Å². The maximum absolute atomic E-state index is 13.5. The van der Waals surface area contributed by atoms with Crippen LogP contribution in [0, 0.1) is 30.6 Å². The zero-order valence-electron chi connectivity index (χ0n) is 21.6. The van der Waals surface area contributed by atoms with E-state index in [1.54, 1.807) is 11.0 Å². The molecular formula is C28H27N5O3S2. The number of aromatic nitrogens is 2. The number of ketones is 2. The highest BCUT2D eigenvalue weighted by molar-refractivity contribution is 8.01. The third kappa shape index (κ3) is 4.79. The number of anilines is 1. The fourth-order valence-electron chi connectivity index (χ4n) is 4.92. The molecule has 0 radical (unpaired) electrons. The highest BCUT2D eigenvalue weighted by Gasteiger charge is 2.46. The summed E-state index contributed by atoms with van der Waals surface area (Å²) in [4.78, 5) is 27.9. The van der Waals surface area contributed by atoms with E-state index in [4.69, 9.17) is 10.2 Å². The molecule has 3 aromatic rings. The van der Waals surface area contributed by atoms with E-state index in [9.17, 15) is 14.9 Å². The van der Waals surface area contributed by atoms with Gasteiger partial charge in [0.05, 0.1) is 23.3 Å². The molecule has 2 aromatic heterocycles. The smallest absolute Gasteiger partial charge is 0.219 e. The quantitative estimate of drug-likeness (QED) is 0.308. The summed E-state index contributed by atoms with van der Waals surface area (Å²) in [6.07, 6.45) is 0.921. The molecule has 0 saturated carbocycles. The summed E-state index contributed by atoms with van der Waals surface area (Å²) in [6, 6.07) is 13.3. The van der Waals surface area contributed by atoms with Crippen molar-refractivity contribution in [3.8, 4) is 6.07 Å². The molecule has 0 fully saturated rings. The van der Waals surface area contributed by atoms with Crippen molar-refractivity contribution in [3.05, 3.63) is 81.7 Å². The number of furan rings is 1. The molecule has 8 nitrogen and oxygen atoms in total. The number of carbonyl (C=O) groups is 2. The first-order valence-electron chi connectivity index (χ1n) is 12.2. The van der Waals surface area contributed by atoms with Gasteiger partial charge in [-0.05, 0) is 37.8 Å². The minimum absolute atomic E-state index is 0.00268. The predicted octanol–water partition coefficient (Wildman–Crippen LogP) is 5.66. The molecule has 0 bridgehead atoms. The summed E-state index contributed by atoms with van der Waals surface area (Å²) >= 11 is 2.57. The van der Waals surface area contributed by atoms with Crippen LogP contribution in [0.2, 0.25) is 0 Å². The van der Waals surface area contributed by atoms with Crippen molar-refractivity contribution in [2.45, 2.75) is 50.8 Å². The van der Waals surface area contributed by atoms with Gasteiger partial charge in [-0.15, -0.1) is 10.2 Å². The number of Topliss-reactive ketones (excluding diaryl/α,β-unsaturated/α-hetero) is 2. The van der Waals surface area contributed by atoms with E-state index in [2.05, 4.69) is 16.3 Å². The molecule has 1 aliphatic carbocycles. The van der Waals surface area contributed by atoms with Gasteiger partial charge >= 0.3 is 0 Å². The molecule has 1 aliphatic heterocycles. The Balaban J connectivity index is 1.50. The lowest BCUT2D eigenvalue weighted by Crippen LogP contribution is -2.42. The highest BCUT2D eigenvalue weighted by atomic mass is 32.2. The van der Waals surface area contributed by atoms with E-state index in [0.717, 1.165) is 5.56 Å². The number of benzene rings is 1. The van der Waals surface area contributed by atoms with Gasteiger partial charge in [-0.25, -0.2) is 0 Å². The van der Waals surface area contributed by atoms with E-state index >= 15 is 0 Å². The van der Waals surface area contributed by atoms with Crippen LogP contribution in [0.4, 0.5) is 5.13 Å². The Hall–Kier alpha value is -3.68. The highest BCUT2D eigenvalue weighted by Crippen LogP contribution is 2.51. The van der Waals surface area contributed by atoms with Crippen molar-refractivity contribution in [2.75, 3.05) is 10.7 Å². The number of hydrogen-bond acceptors (Lipinski definition) is 10. The molecule has 2 N–H and O–H groups in total. The molecule has 1 unspecified atom stereocenters. The van der Waals surface area contributed by atoms with Gasteiger partial charge in [0.1, 0.15) is 17.3 Å². The number of allylic oxidation sites excluding steroid dienone is 3. The molecule has 5 rings (SSSR count). The van der Waals surface area contributed by atoms with E-state index in [1.165, 1.54) is 23.1 Å². The lowest BCUT2D eigenvalue weighted by atomic mass is 9.69. The van der Waals surface area contributed by atoms with Gasteiger partial charge < -0.3 is 10.2 Å². The van der Waals surface area contributed by atoms with Crippen molar-refractivity contribution >= 4 is 39.8 Å². The SMILES string of the molecule is Cc1ccc(C(=O)CSc2nnc(N3C(N)=C(C#N)C(c4ccc(C)o4)C4=C3CC(C)(C)CC4=O)s2)cc1. The third-order valence-electron chi connectivity index (χ3n) is 6.71. The Bertz CT molecular complexity index is 1540. The normalized spacial score (nSPS) is 19.0. The van der Waals surface area contributed by atoms with Gasteiger partial charge in [0, 0.05) is 23.3 Å². The second kappa shape index (κ2) is 9.89. The minimum atomic E-state index is -0.669. The van der Waals surface area contributed by atoms with Crippen LogP contribution in [0.1, 0.15) is 60.0 Å². The van der Waals surface area contributed by atoms with Crippen LogP contribution in [0.15, 0.2) is 67.8 Å². The molecule has 2 aliphatic rings. The molecular weight excluding hydrogens is 518 g/mol. The monoisotopic (exact) mass is 545 g/mol. The van der Waals surface area contributed by atoms with E-state index in [1.807, 2.05) is 58.0 Å². The van der Waals surface area contributed by atoms with Crippen LogP contribution >= 0.6 is 23.1 Å². The standard InChI is InChI=1S/C28H27N5O3S2/c1-15-5-8-17(9-6-15)21(35)14-37-27-32-31-26(38-27)33-19-11-28(3,4)12-20(34)24(19)23(18(13-29)25(33)30)22-10-7-16(2)36-22/h5-10,23H,11-12,14,30H2,1-4H3. The molecule has 38 heavy (non-hydrogen) atoms. The van der Waals surface area contributed by atoms with Gasteiger partial charge in [0.25, 0.3) is 0 Å². The van der Waals surface area contributed by atoms with Crippen LogP contribution in [-0.4, -0.2) is 27.5 Å². The average Bonchev–Trinajstić information content (AvgIpc) is 3.50. The molecule has 0 saturated heterocycles. The van der Waals surface area contributed by atoms with Crippen molar-refractivity contribution in [1.82, 2.24) is 10.2 Å². The number of thioether (sulfide) groups is 1. The number of carbonyl (C=O) groups excluding carboxylic acids is 2. The van der Waals surface area contributed by atoms with Gasteiger partial charge in [0.15, 0.2) is 15.9 Å². The minimum Gasteiger partial charge on any atom is -0.465 e. The molecule has 0 spiro atoms. The first-order valence-corrected chi connectivity index (χ1v) is 14.0. The third-order valence-corrected chi connectivity index (χ3v) is 8.76. The van der Waals surface area contributed by atoms with Crippen molar-refractivity contribution in [3.63, 3.8) is 0 Å². The maximum Gasteiger partial charge on any atom is 0.219 e. The summed E-state index contributed by atoms with van der Waals surface area (Å²) in [5, 5.41) is 19.2. The largest absolute Gasteiger partial charge is 0.465 e. The van der Waals surface area contributed by atoms with Crippen LogP contribution < -0.4 is 10.6 Å². The fourth-order valence-corrected chi connectivity index (χ4v) is 6.70. The van der Waals surface area contributed by atoms with Crippen LogP contribution in [0.5, 0.6) is 0 Å². The Morgan fingerprint density at radius 1 is 1.21 bits per heavy atom.